The largest absolute Gasteiger partial charge is 0.488 e. The Hall–Kier alpha value is -1.20. The van der Waals surface area contributed by atoms with Crippen LogP contribution in [0.3, 0.4) is 0 Å². The van der Waals surface area contributed by atoms with Crippen LogP contribution in [0.2, 0.25) is 0 Å². The lowest BCUT2D eigenvalue weighted by Crippen LogP contribution is -2.16. The van der Waals surface area contributed by atoms with E-state index in [0.717, 1.165) is 13.0 Å². The molecular formula is C13H20F2N2O. The zero-order valence-electron chi connectivity index (χ0n) is 10.9. The Labute approximate surface area is 107 Å². The summed E-state index contributed by atoms with van der Waals surface area (Å²) in [4.78, 5) is 1.99. The van der Waals surface area contributed by atoms with Crippen molar-refractivity contribution in [1.29, 1.82) is 0 Å². The van der Waals surface area contributed by atoms with Crippen molar-refractivity contribution in [2.45, 2.75) is 12.8 Å². The van der Waals surface area contributed by atoms with Crippen LogP contribution in [-0.4, -0.2) is 38.7 Å². The van der Waals surface area contributed by atoms with Gasteiger partial charge in [0, 0.05) is 6.54 Å². The van der Waals surface area contributed by atoms with Crippen LogP contribution in [0, 0.1) is 11.6 Å². The van der Waals surface area contributed by atoms with Gasteiger partial charge in [-0.2, -0.15) is 0 Å². The third-order valence-corrected chi connectivity index (χ3v) is 2.49. The third kappa shape index (κ3) is 4.58. The second-order valence-corrected chi connectivity index (χ2v) is 4.43. The summed E-state index contributed by atoms with van der Waals surface area (Å²) in [6.07, 6.45) is 1.17. The third-order valence-electron chi connectivity index (χ3n) is 2.49. The van der Waals surface area contributed by atoms with E-state index < -0.39 is 11.6 Å². The highest BCUT2D eigenvalue weighted by Gasteiger charge is 2.12. The highest BCUT2D eigenvalue weighted by molar-refractivity contribution is 5.31. The summed E-state index contributed by atoms with van der Waals surface area (Å²) < 4.78 is 32.4. The van der Waals surface area contributed by atoms with E-state index in [1.165, 1.54) is 12.1 Å². The predicted octanol–water partition coefficient (Wildman–Crippen LogP) is 1.80. The first-order chi connectivity index (χ1) is 8.54. The van der Waals surface area contributed by atoms with Gasteiger partial charge < -0.3 is 15.4 Å². The van der Waals surface area contributed by atoms with Gasteiger partial charge in [-0.1, -0.05) is 0 Å². The van der Waals surface area contributed by atoms with Crippen molar-refractivity contribution in [2.24, 2.45) is 5.73 Å². The molecule has 2 N–H and O–H groups in total. The van der Waals surface area contributed by atoms with Crippen molar-refractivity contribution in [2.75, 3.05) is 33.8 Å². The summed E-state index contributed by atoms with van der Waals surface area (Å²) in [5.74, 6) is -1.62. The molecule has 0 bridgehead atoms. The standard InChI is InChI=1S/C13H20F2N2O/c1-17(2)6-3-7-18-13-11(14)8-10(4-5-16)9-12(13)15/h8-9H,3-7,16H2,1-2H3. The van der Waals surface area contributed by atoms with Crippen LogP contribution in [0.1, 0.15) is 12.0 Å². The predicted molar refractivity (Wildman–Crippen MR) is 67.8 cm³/mol. The van der Waals surface area contributed by atoms with Crippen LogP contribution in [0.15, 0.2) is 12.1 Å². The molecule has 3 nitrogen and oxygen atoms in total. The molecule has 0 aliphatic rings. The van der Waals surface area contributed by atoms with E-state index in [9.17, 15) is 8.78 Å². The van der Waals surface area contributed by atoms with Gasteiger partial charge in [-0.3, -0.25) is 0 Å². The Balaban J connectivity index is 2.60. The first kappa shape index (κ1) is 14.9. The summed E-state index contributed by atoms with van der Waals surface area (Å²) >= 11 is 0. The highest BCUT2D eigenvalue weighted by Crippen LogP contribution is 2.23. The van der Waals surface area contributed by atoms with E-state index in [2.05, 4.69) is 0 Å². The molecular weight excluding hydrogens is 238 g/mol. The quantitative estimate of drug-likeness (QED) is 0.758. The second kappa shape index (κ2) is 7.28. The summed E-state index contributed by atoms with van der Waals surface area (Å²) in [6, 6.07) is 2.55. The van der Waals surface area contributed by atoms with Gasteiger partial charge in [0.15, 0.2) is 17.4 Å². The van der Waals surface area contributed by atoms with Crippen LogP contribution in [0.25, 0.3) is 0 Å². The van der Waals surface area contributed by atoms with Crippen LogP contribution in [-0.2, 0) is 6.42 Å². The lowest BCUT2D eigenvalue weighted by molar-refractivity contribution is 0.259. The Morgan fingerprint density at radius 2 is 1.83 bits per heavy atom. The van der Waals surface area contributed by atoms with E-state index in [4.69, 9.17) is 10.5 Å². The summed E-state index contributed by atoms with van der Waals surface area (Å²) in [6.45, 7) is 1.47. The number of nitrogens with zero attached hydrogens (tertiary/aromatic N) is 1. The fraction of sp³-hybridized carbons (Fsp3) is 0.538. The Kier molecular flexibility index (Phi) is 6.01. The van der Waals surface area contributed by atoms with Gasteiger partial charge in [0.25, 0.3) is 0 Å². The number of hydrogen-bond acceptors (Lipinski definition) is 3. The van der Waals surface area contributed by atoms with Crippen molar-refractivity contribution < 1.29 is 13.5 Å². The number of nitrogens with two attached hydrogens (primary N) is 1. The van der Waals surface area contributed by atoms with E-state index in [1.807, 2.05) is 19.0 Å². The Morgan fingerprint density at radius 1 is 1.22 bits per heavy atom. The molecule has 102 valence electrons. The summed E-state index contributed by atoms with van der Waals surface area (Å²) in [5.41, 5.74) is 5.89. The molecule has 0 saturated heterocycles. The molecule has 1 aromatic carbocycles. The maximum atomic E-state index is 13.6. The first-order valence-electron chi connectivity index (χ1n) is 6.00. The van der Waals surface area contributed by atoms with Crippen molar-refractivity contribution >= 4 is 0 Å². The maximum Gasteiger partial charge on any atom is 0.190 e. The minimum Gasteiger partial charge on any atom is -0.488 e. The van der Waals surface area contributed by atoms with Crippen molar-refractivity contribution in [3.05, 3.63) is 29.3 Å². The van der Waals surface area contributed by atoms with Gasteiger partial charge >= 0.3 is 0 Å². The number of hydrogen-bond donors (Lipinski definition) is 1. The average molecular weight is 258 g/mol. The van der Waals surface area contributed by atoms with Crippen LogP contribution >= 0.6 is 0 Å². The van der Waals surface area contributed by atoms with Gasteiger partial charge in [0.05, 0.1) is 6.61 Å². The smallest absolute Gasteiger partial charge is 0.190 e. The van der Waals surface area contributed by atoms with E-state index in [-0.39, 0.29) is 5.75 Å². The fourth-order valence-electron chi connectivity index (χ4n) is 1.62. The van der Waals surface area contributed by atoms with E-state index in [0.29, 0.717) is 25.1 Å². The average Bonchev–Trinajstić information content (AvgIpc) is 2.27. The lowest BCUT2D eigenvalue weighted by Gasteiger charge is -2.12. The molecule has 0 radical (unpaired) electrons. The SMILES string of the molecule is CN(C)CCCOc1c(F)cc(CCN)cc1F. The minimum atomic E-state index is -0.664. The summed E-state index contributed by atoms with van der Waals surface area (Å²) in [5, 5.41) is 0. The number of rotatable bonds is 7. The van der Waals surface area contributed by atoms with Gasteiger partial charge in [-0.25, -0.2) is 8.78 Å². The van der Waals surface area contributed by atoms with Crippen molar-refractivity contribution in [3.63, 3.8) is 0 Å². The van der Waals surface area contributed by atoms with E-state index >= 15 is 0 Å². The van der Waals surface area contributed by atoms with Gasteiger partial charge in [-0.05, 0) is 51.2 Å². The molecule has 0 saturated carbocycles. The molecule has 0 fully saturated rings. The molecule has 5 heteroatoms. The maximum absolute atomic E-state index is 13.6. The number of ether oxygens (including phenoxy) is 1. The highest BCUT2D eigenvalue weighted by atomic mass is 19.1. The molecule has 0 unspecified atom stereocenters. The Morgan fingerprint density at radius 3 is 2.33 bits per heavy atom. The molecule has 18 heavy (non-hydrogen) atoms. The zero-order chi connectivity index (χ0) is 13.5. The van der Waals surface area contributed by atoms with Crippen LogP contribution in [0.4, 0.5) is 8.78 Å². The number of benzene rings is 1. The molecule has 0 atom stereocenters. The molecule has 1 rings (SSSR count). The van der Waals surface area contributed by atoms with Crippen molar-refractivity contribution in [3.8, 4) is 5.75 Å². The molecule has 0 aliphatic carbocycles. The molecule has 1 aromatic rings. The van der Waals surface area contributed by atoms with Crippen molar-refractivity contribution in [1.82, 2.24) is 4.90 Å². The monoisotopic (exact) mass is 258 g/mol. The lowest BCUT2D eigenvalue weighted by atomic mass is 10.1. The molecule has 0 heterocycles. The molecule has 0 aliphatic heterocycles. The van der Waals surface area contributed by atoms with Crippen LogP contribution in [0.5, 0.6) is 5.75 Å². The first-order valence-corrected chi connectivity index (χ1v) is 6.00. The number of halogens is 2. The molecule has 0 amide bonds. The zero-order valence-corrected chi connectivity index (χ0v) is 10.9. The Bertz CT molecular complexity index is 360. The van der Waals surface area contributed by atoms with Gasteiger partial charge in [0.2, 0.25) is 0 Å². The van der Waals surface area contributed by atoms with Gasteiger partial charge in [0.1, 0.15) is 0 Å². The summed E-state index contributed by atoms with van der Waals surface area (Å²) in [7, 11) is 3.87. The van der Waals surface area contributed by atoms with Crippen LogP contribution < -0.4 is 10.5 Å². The fourth-order valence-corrected chi connectivity index (χ4v) is 1.62. The minimum absolute atomic E-state index is 0.294. The second-order valence-electron chi connectivity index (χ2n) is 4.43. The molecule has 0 aromatic heterocycles. The molecule has 0 spiro atoms. The normalized spacial score (nSPS) is 11.0. The van der Waals surface area contributed by atoms with E-state index in [1.54, 1.807) is 0 Å². The topological polar surface area (TPSA) is 38.5 Å². The van der Waals surface area contributed by atoms with Gasteiger partial charge in [-0.15, -0.1) is 0 Å².